The van der Waals surface area contributed by atoms with E-state index in [-0.39, 0.29) is 11.7 Å². The molecule has 2 aromatic rings. The fourth-order valence-electron chi connectivity index (χ4n) is 2.60. The molecule has 3 rings (SSSR count). The van der Waals surface area contributed by atoms with Gasteiger partial charge in [0.1, 0.15) is 0 Å². The first-order chi connectivity index (χ1) is 8.36. The highest BCUT2D eigenvalue weighted by Gasteiger charge is 2.27. The summed E-state index contributed by atoms with van der Waals surface area (Å²) < 4.78 is 0. The van der Waals surface area contributed by atoms with Gasteiger partial charge in [0.15, 0.2) is 5.78 Å². The van der Waals surface area contributed by atoms with Crippen molar-refractivity contribution in [1.82, 2.24) is 0 Å². The number of Topliss-reactive ketones (excluding diaryl/α,β-unsaturated/α-hetero) is 1. The number of hydrogen-bond donors (Lipinski definition) is 0. The van der Waals surface area contributed by atoms with Crippen LogP contribution >= 0.6 is 0 Å². The molecule has 0 unspecified atom stereocenters. The lowest BCUT2D eigenvalue weighted by Crippen LogP contribution is -2.20. The van der Waals surface area contributed by atoms with E-state index in [1.165, 1.54) is 5.56 Å². The van der Waals surface area contributed by atoms with Crippen LogP contribution in [0.4, 0.5) is 0 Å². The molecule has 84 valence electrons. The third-order valence-electron chi connectivity index (χ3n) is 3.50. The van der Waals surface area contributed by atoms with Gasteiger partial charge in [0, 0.05) is 11.5 Å². The molecule has 1 heteroatoms. The van der Waals surface area contributed by atoms with Gasteiger partial charge >= 0.3 is 0 Å². The van der Waals surface area contributed by atoms with Crippen LogP contribution in [0.15, 0.2) is 54.6 Å². The molecule has 0 heterocycles. The van der Waals surface area contributed by atoms with Crippen LogP contribution in [-0.2, 0) is 6.42 Å². The molecule has 0 N–H and O–H groups in total. The molecule has 0 aromatic heterocycles. The van der Waals surface area contributed by atoms with Crippen molar-refractivity contribution in [2.45, 2.75) is 18.8 Å². The van der Waals surface area contributed by atoms with Crippen molar-refractivity contribution < 1.29 is 4.79 Å². The first kappa shape index (κ1) is 10.3. The second-order valence-corrected chi connectivity index (χ2v) is 4.52. The Morgan fingerprint density at radius 3 is 2.41 bits per heavy atom. The van der Waals surface area contributed by atoms with E-state index in [0.717, 1.165) is 24.0 Å². The quantitative estimate of drug-likeness (QED) is 0.720. The van der Waals surface area contributed by atoms with Gasteiger partial charge in [0.25, 0.3) is 0 Å². The van der Waals surface area contributed by atoms with Crippen molar-refractivity contribution in [3.63, 3.8) is 0 Å². The molecule has 0 saturated carbocycles. The molecule has 17 heavy (non-hydrogen) atoms. The SMILES string of the molecule is O=C1c2ccccc2CC[C@@H]1c1ccccc1. The van der Waals surface area contributed by atoms with Crippen LogP contribution in [0.3, 0.4) is 0 Å². The van der Waals surface area contributed by atoms with Crippen LogP contribution in [0.5, 0.6) is 0 Å². The summed E-state index contributed by atoms with van der Waals surface area (Å²) in [4.78, 5) is 12.4. The zero-order valence-corrected chi connectivity index (χ0v) is 9.60. The van der Waals surface area contributed by atoms with Gasteiger partial charge in [-0.15, -0.1) is 0 Å². The highest BCUT2D eigenvalue weighted by atomic mass is 16.1. The van der Waals surface area contributed by atoms with E-state index in [9.17, 15) is 4.79 Å². The normalized spacial score (nSPS) is 18.8. The summed E-state index contributed by atoms with van der Waals surface area (Å²) in [5.74, 6) is 0.323. The molecule has 1 aliphatic rings. The summed E-state index contributed by atoms with van der Waals surface area (Å²) in [5.41, 5.74) is 3.25. The summed E-state index contributed by atoms with van der Waals surface area (Å²) in [7, 11) is 0. The number of hydrogen-bond acceptors (Lipinski definition) is 1. The monoisotopic (exact) mass is 222 g/mol. The Bertz CT molecular complexity index is 542. The topological polar surface area (TPSA) is 17.1 Å². The first-order valence-electron chi connectivity index (χ1n) is 6.03. The predicted molar refractivity (Wildman–Crippen MR) is 68.3 cm³/mol. The fourth-order valence-corrected chi connectivity index (χ4v) is 2.60. The number of rotatable bonds is 1. The van der Waals surface area contributed by atoms with E-state index in [4.69, 9.17) is 0 Å². The van der Waals surface area contributed by atoms with Gasteiger partial charge in [-0.25, -0.2) is 0 Å². The van der Waals surface area contributed by atoms with E-state index in [1.807, 2.05) is 36.4 Å². The highest BCUT2D eigenvalue weighted by Crippen LogP contribution is 2.32. The van der Waals surface area contributed by atoms with E-state index >= 15 is 0 Å². The van der Waals surface area contributed by atoms with Crippen LogP contribution in [0.2, 0.25) is 0 Å². The number of benzene rings is 2. The molecule has 0 aliphatic heterocycles. The molecule has 0 amide bonds. The summed E-state index contributed by atoms with van der Waals surface area (Å²) in [6.45, 7) is 0. The van der Waals surface area contributed by atoms with Gasteiger partial charge in [-0.3, -0.25) is 4.79 Å². The van der Waals surface area contributed by atoms with Gasteiger partial charge in [-0.05, 0) is 24.0 Å². The molecule has 0 bridgehead atoms. The summed E-state index contributed by atoms with van der Waals surface area (Å²) in [6, 6.07) is 18.1. The Balaban J connectivity index is 2.00. The maximum Gasteiger partial charge on any atom is 0.170 e. The largest absolute Gasteiger partial charge is 0.293 e. The number of aryl methyl sites for hydroxylation is 1. The summed E-state index contributed by atoms with van der Waals surface area (Å²) >= 11 is 0. The minimum Gasteiger partial charge on any atom is -0.293 e. The number of fused-ring (bicyclic) bond motifs is 1. The Morgan fingerprint density at radius 1 is 0.882 bits per heavy atom. The predicted octanol–water partition coefficient (Wildman–Crippen LogP) is 3.60. The van der Waals surface area contributed by atoms with E-state index in [2.05, 4.69) is 18.2 Å². The van der Waals surface area contributed by atoms with Crippen molar-refractivity contribution >= 4 is 5.78 Å². The number of carbonyl (C=O) groups is 1. The number of ketones is 1. The van der Waals surface area contributed by atoms with Crippen molar-refractivity contribution in [3.05, 3.63) is 71.3 Å². The molecular weight excluding hydrogens is 208 g/mol. The summed E-state index contributed by atoms with van der Waals surface area (Å²) in [5, 5.41) is 0. The maximum absolute atomic E-state index is 12.4. The van der Waals surface area contributed by atoms with Gasteiger partial charge in [-0.1, -0.05) is 54.6 Å². The van der Waals surface area contributed by atoms with Crippen LogP contribution in [0.25, 0.3) is 0 Å². The summed E-state index contributed by atoms with van der Waals surface area (Å²) in [6.07, 6.45) is 1.93. The average Bonchev–Trinajstić information content (AvgIpc) is 2.40. The van der Waals surface area contributed by atoms with Crippen molar-refractivity contribution in [2.24, 2.45) is 0 Å². The van der Waals surface area contributed by atoms with E-state index < -0.39 is 0 Å². The van der Waals surface area contributed by atoms with Crippen molar-refractivity contribution in [1.29, 1.82) is 0 Å². The maximum atomic E-state index is 12.4. The highest BCUT2D eigenvalue weighted by molar-refractivity contribution is 6.03. The third kappa shape index (κ3) is 1.78. The molecule has 0 radical (unpaired) electrons. The smallest absolute Gasteiger partial charge is 0.170 e. The second kappa shape index (κ2) is 4.17. The first-order valence-corrected chi connectivity index (χ1v) is 6.03. The van der Waals surface area contributed by atoms with Crippen LogP contribution < -0.4 is 0 Å². The molecule has 1 atom stereocenters. The minimum atomic E-state index is 0.0473. The Morgan fingerprint density at radius 2 is 1.59 bits per heavy atom. The van der Waals surface area contributed by atoms with Crippen molar-refractivity contribution in [2.75, 3.05) is 0 Å². The van der Waals surface area contributed by atoms with Crippen LogP contribution in [0, 0.1) is 0 Å². The second-order valence-electron chi connectivity index (χ2n) is 4.52. The molecule has 0 fully saturated rings. The Hall–Kier alpha value is -1.89. The Labute approximate surface area is 101 Å². The number of carbonyl (C=O) groups excluding carboxylic acids is 1. The van der Waals surface area contributed by atoms with E-state index in [1.54, 1.807) is 0 Å². The minimum absolute atomic E-state index is 0.0473. The Kier molecular flexibility index (Phi) is 2.52. The molecule has 2 aromatic carbocycles. The average molecular weight is 222 g/mol. The van der Waals surface area contributed by atoms with Crippen molar-refractivity contribution in [3.8, 4) is 0 Å². The van der Waals surface area contributed by atoms with Gasteiger partial charge in [0.05, 0.1) is 0 Å². The standard InChI is InChI=1S/C16H14O/c17-16-14-9-5-4-8-13(14)10-11-15(16)12-6-2-1-3-7-12/h1-9,15H,10-11H2/t15-/m1/s1. The molecule has 1 nitrogen and oxygen atoms in total. The lowest BCUT2D eigenvalue weighted by Gasteiger charge is -2.23. The van der Waals surface area contributed by atoms with Crippen LogP contribution in [-0.4, -0.2) is 5.78 Å². The molecule has 1 aliphatic carbocycles. The van der Waals surface area contributed by atoms with Gasteiger partial charge in [0.2, 0.25) is 0 Å². The lowest BCUT2D eigenvalue weighted by molar-refractivity contribution is 0.0946. The van der Waals surface area contributed by atoms with Gasteiger partial charge in [-0.2, -0.15) is 0 Å². The van der Waals surface area contributed by atoms with Crippen LogP contribution in [0.1, 0.15) is 33.8 Å². The lowest BCUT2D eigenvalue weighted by atomic mass is 9.79. The fraction of sp³-hybridized carbons (Fsp3) is 0.188. The zero-order chi connectivity index (χ0) is 11.7. The molecular formula is C16H14O. The zero-order valence-electron chi connectivity index (χ0n) is 9.60. The third-order valence-corrected chi connectivity index (χ3v) is 3.50. The molecule has 0 spiro atoms. The van der Waals surface area contributed by atoms with E-state index in [0.29, 0.717) is 0 Å². The molecule has 0 saturated heterocycles. The van der Waals surface area contributed by atoms with Gasteiger partial charge < -0.3 is 0 Å².